The van der Waals surface area contributed by atoms with E-state index in [0.717, 1.165) is 12.0 Å². The van der Waals surface area contributed by atoms with Crippen LogP contribution in [0.5, 0.6) is 5.75 Å². The van der Waals surface area contributed by atoms with Crippen molar-refractivity contribution in [3.63, 3.8) is 0 Å². The van der Waals surface area contributed by atoms with Gasteiger partial charge in [0.25, 0.3) is 0 Å². The first-order chi connectivity index (χ1) is 11.1. The number of benzene rings is 1. The quantitative estimate of drug-likeness (QED) is 0.455. The van der Waals surface area contributed by atoms with Crippen molar-refractivity contribution < 1.29 is 35.3 Å². The van der Waals surface area contributed by atoms with E-state index < -0.39 is 15.6 Å². The molecule has 1 aliphatic rings. The first-order valence-electron chi connectivity index (χ1n) is 7.40. The maximum atomic E-state index is 12.4. The van der Waals surface area contributed by atoms with Gasteiger partial charge in [0, 0.05) is 6.42 Å². The van der Waals surface area contributed by atoms with Crippen molar-refractivity contribution in [2.24, 2.45) is 5.92 Å². The molecule has 0 saturated carbocycles. The fourth-order valence-electron chi connectivity index (χ4n) is 2.66. The van der Waals surface area contributed by atoms with Crippen LogP contribution in [0.25, 0.3) is 0 Å². The molecule has 1 aliphatic carbocycles. The number of carbonyl (C=O) groups excluding carboxylic acids is 1. The number of halogens is 3. The van der Waals surface area contributed by atoms with Crippen LogP contribution in [-0.2, 0) is 32.5 Å². The highest BCUT2D eigenvalue weighted by Gasteiger charge is 2.48. The minimum absolute atomic E-state index is 0.00558. The second kappa shape index (κ2) is 7.00. The van der Waals surface area contributed by atoms with Gasteiger partial charge in [0.1, 0.15) is 5.75 Å². The molecule has 5 nitrogen and oxygen atoms in total. The van der Waals surface area contributed by atoms with Gasteiger partial charge >= 0.3 is 21.6 Å². The fourth-order valence-corrected chi connectivity index (χ4v) is 3.12. The van der Waals surface area contributed by atoms with E-state index in [4.69, 9.17) is 4.74 Å². The average molecular weight is 366 g/mol. The summed E-state index contributed by atoms with van der Waals surface area (Å²) in [6.07, 6.45) is 2.09. The Morgan fingerprint density at radius 1 is 1.29 bits per heavy atom. The smallest absolute Gasteiger partial charge is 0.466 e. The highest BCUT2D eigenvalue weighted by atomic mass is 32.2. The Hall–Kier alpha value is -1.77. The first kappa shape index (κ1) is 18.6. The van der Waals surface area contributed by atoms with Crippen molar-refractivity contribution >= 4 is 16.1 Å². The number of aryl methyl sites for hydroxylation is 1. The Bertz CT molecular complexity index is 712. The van der Waals surface area contributed by atoms with Gasteiger partial charge in [-0.3, -0.25) is 4.79 Å². The summed E-state index contributed by atoms with van der Waals surface area (Å²) < 4.78 is 68.3. The molecular formula is C15H17F3O5S. The Morgan fingerprint density at radius 3 is 2.62 bits per heavy atom. The summed E-state index contributed by atoms with van der Waals surface area (Å²) in [7, 11) is -5.69. The molecule has 24 heavy (non-hydrogen) atoms. The topological polar surface area (TPSA) is 69.7 Å². The van der Waals surface area contributed by atoms with Crippen molar-refractivity contribution in [1.82, 2.24) is 0 Å². The first-order valence-corrected chi connectivity index (χ1v) is 8.81. The van der Waals surface area contributed by atoms with Crippen LogP contribution in [0.1, 0.15) is 30.9 Å². The molecule has 0 radical (unpaired) electrons. The van der Waals surface area contributed by atoms with Gasteiger partial charge in [-0.15, -0.1) is 0 Å². The third-order valence-electron chi connectivity index (χ3n) is 3.76. The lowest BCUT2D eigenvalue weighted by molar-refractivity contribution is -0.144. The van der Waals surface area contributed by atoms with E-state index >= 15 is 0 Å². The molecule has 9 heteroatoms. The second-order valence-corrected chi connectivity index (χ2v) is 7.07. The molecule has 1 unspecified atom stereocenters. The second-order valence-electron chi connectivity index (χ2n) is 5.53. The molecule has 0 saturated heterocycles. The third kappa shape index (κ3) is 4.40. The molecule has 0 N–H and O–H groups in total. The summed E-state index contributed by atoms with van der Waals surface area (Å²) in [4.78, 5) is 11.5. The maximum absolute atomic E-state index is 12.4. The lowest BCUT2D eigenvalue weighted by Gasteiger charge is -2.24. The van der Waals surface area contributed by atoms with Crippen molar-refractivity contribution in [2.45, 2.75) is 38.1 Å². The molecule has 0 heterocycles. The fraction of sp³-hybridized carbons (Fsp3) is 0.533. The number of hydrogen-bond acceptors (Lipinski definition) is 5. The lowest BCUT2D eigenvalue weighted by atomic mass is 9.82. The molecule has 1 aromatic rings. The summed E-state index contributed by atoms with van der Waals surface area (Å²) in [5.41, 5.74) is -3.88. The standard InChI is InChI=1S/C15H17F3O5S/c1-2-22-14(19)8-10-3-4-11-5-6-13(9-12(11)7-10)23-24(20,21)15(16,17)18/h5-6,9-10H,2-4,7-8H2,1H3. The van der Waals surface area contributed by atoms with Gasteiger partial charge in [-0.25, -0.2) is 0 Å². The average Bonchev–Trinajstić information content (AvgIpc) is 2.45. The predicted molar refractivity (Wildman–Crippen MR) is 78.8 cm³/mol. The van der Waals surface area contributed by atoms with E-state index in [0.29, 0.717) is 18.4 Å². The van der Waals surface area contributed by atoms with Gasteiger partial charge < -0.3 is 8.92 Å². The van der Waals surface area contributed by atoms with Crippen LogP contribution in [0, 0.1) is 5.92 Å². The van der Waals surface area contributed by atoms with E-state index in [-0.39, 0.29) is 30.7 Å². The normalized spacial score (nSPS) is 17.9. The van der Waals surface area contributed by atoms with E-state index in [1.54, 1.807) is 13.0 Å². The number of alkyl halides is 3. The summed E-state index contributed by atoms with van der Waals surface area (Å²) in [6.45, 7) is 1.99. The summed E-state index contributed by atoms with van der Waals surface area (Å²) in [6, 6.07) is 4.04. The predicted octanol–water partition coefficient (Wildman–Crippen LogP) is 2.97. The van der Waals surface area contributed by atoms with E-state index in [1.807, 2.05) is 0 Å². The van der Waals surface area contributed by atoms with Gasteiger partial charge in [-0.1, -0.05) is 6.07 Å². The summed E-state index contributed by atoms with van der Waals surface area (Å²) >= 11 is 0. The SMILES string of the molecule is CCOC(=O)CC1CCc2ccc(OS(=O)(=O)C(F)(F)F)cc2C1. The molecule has 0 aliphatic heterocycles. The highest BCUT2D eigenvalue weighted by Crippen LogP contribution is 2.32. The minimum Gasteiger partial charge on any atom is -0.466 e. The molecule has 0 aromatic heterocycles. The van der Waals surface area contributed by atoms with Crippen LogP contribution in [0.2, 0.25) is 0 Å². The number of rotatable bonds is 5. The van der Waals surface area contributed by atoms with Crippen molar-refractivity contribution in [2.75, 3.05) is 6.61 Å². The lowest BCUT2D eigenvalue weighted by Crippen LogP contribution is -2.28. The number of fused-ring (bicyclic) bond motifs is 1. The number of esters is 1. The van der Waals surface area contributed by atoms with Crippen molar-refractivity contribution in [3.8, 4) is 5.75 Å². The van der Waals surface area contributed by atoms with E-state index in [1.165, 1.54) is 12.1 Å². The summed E-state index contributed by atoms with van der Waals surface area (Å²) in [5.74, 6) is -0.702. The molecule has 0 amide bonds. The molecule has 0 bridgehead atoms. The van der Waals surface area contributed by atoms with Crippen LogP contribution in [0.3, 0.4) is 0 Å². The zero-order valence-electron chi connectivity index (χ0n) is 12.9. The molecule has 0 fully saturated rings. The van der Waals surface area contributed by atoms with Gasteiger partial charge in [0.15, 0.2) is 0 Å². The van der Waals surface area contributed by atoms with Crippen molar-refractivity contribution in [1.29, 1.82) is 0 Å². The maximum Gasteiger partial charge on any atom is 0.534 e. The van der Waals surface area contributed by atoms with Crippen LogP contribution in [0.15, 0.2) is 18.2 Å². The van der Waals surface area contributed by atoms with Crippen molar-refractivity contribution in [3.05, 3.63) is 29.3 Å². The summed E-state index contributed by atoms with van der Waals surface area (Å²) in [5, 5.41) is 0. The molecule has 1 aromatic carbocycles. The largest absolute Gasteiger partial charge is 0.534 e. The Morgan fingerprint density at radius 2 is 2.00 bits per heavy atom. The highest BCUT2D eigenvalue weighted by molar-refractivity contribution is 7.88. The number of ether oxygens (including phenoxy) is 1. The molecule has 2 rings (SSSR count). The van der Waals surface area contributed by atoms with Gasteiger partial charge in [0.05, 0.1) is 6.61 Å². The monoisotopic (exact) mass is 366 g/mol. The van der Waals surface area contributed by atoms with Gasteiger partial charge in [-0.05, 0) is 55.4 Å². The Balaban J connectivity index is 2.12. The number of hydrogen-bond donors (Lipinski definition) is 0. The van der Waals surface area contributed by atoms with Crippen LogP contribution >= 0.6 is 0 Å². The molecular weight excluding hydrogens is 349 g/mol. The van der Waals surface area contributed by atoms with Crippen LogP contribution < -0.4 is 4.18 Å². The number of carbonyl (C=O) groups is 1. The van der Waals surface area contributed by atoms with E-state index in [9.17, 15) is 26.4 Å². The zero-order chi connectivity index (χ0) is 18.0. The van der Waals surface area contributed by atoms with E-state index in [2.05, 4.69) is 4.18 Å². The molecule has 134 valence electrons. The molecule has 1 atom stereocenters. The van der Waals surface area contributed by atoms with Gasteiger partial charge in [-0.2, -0.15) is 21.6 Å². The molecule has 0 spiro atoms. The minimum atomic E-state index is -5.69. The zero-order valence-corrected chi connectivity index (χ0v) is 13.7. The van der Waals surface area contributed by atoms with Crippen LogP contribution in [0.4, 0.5) is 13.2 Å². The van der Waals surface area contributed by atoms with Crippen LogP contribution in [-0.4, -0.2) is 26.5 Å². The van der Waals surface area contributed by atoms with Gasteiger partial charge in [0.2, 0.25) is 0 Å². The third-order valence-corrected chi connectivity index (χ3v) is 4.74. The Labute approximate surface area is 137 Å². The Kier molecular flexibility index (Phi) is 5.42.